The molecule has 0 heterocycles. The van der Waals surface area contributed by atoms with Gasteiger partial charge in [0.25, 0.3) is 5.91 Å². The van der Waals surface area contributed by atoms with E-state index < -0.39 is 0 Å². The second kappa shape index (κ2) is 8.89. The number of benzene rings is 2. The highest BCUT2D eigenvalue weighted by atomic mass is 16.5. The van der Waals surface area contributed by atoms with Crippen LogP contribution in [0.25, 0.3) is 0 Å². The molecule has 138 valence electrons. The lowest BCUT2D eigenvalue weighted by molar-refractivity contribution is -0.130. The Balaban J connectivity index is 1.99. The molecule has 0 spiro atoms. The van der Waals surface area contributed by atoms with Crippen LogP contribution in [0.4, 0.5) is 10.5 Å². The molecule has 0 saturated carbocycles. The van der Waals surface area contributed by atoms with E-state index in [0.29, 0.717) is 18.0 Å². The summed E-state index contributed by atoms with van der Waals surface area (Å²) < 4.78 is 5.59. The van der Waals surface area contributed by atoms with Crippen LogP contribution in [0.5, 0.6) is 5.75 Å². The first-order valence-electron chi connectivity index (χ1n) is 8.39. The first-order chi connectivity index (χ1) is 12.3. The number of hydrogen-bond acceptors (Lipinski definition) is 3. The SMILES string of the molecule is Cc1cccc(CNC(=O)Nc2ccc(C)cc2OCC(=O)N(C)C)c1. The number of nitrogens with zero attached hydrogens (tertiary/aromatic N) is 1. The van der Waals surface area contributed by atoms with Gasteiger partial charge in [0.05, 0.1) is 5.69 Å². The number of hydrogen-bond donors (Lipinski definition) is 2. The minimum absolute atomic E-state index is 0.0873. The van der Waals surface area contributed by atoms with Gasteiger partial charge in [-0.05, 0) is 37.1 Å². The van der Waals surface area contributed by atoms with Crippen LogP contribution in [0.3, 0.4) is 0 Å². The molecule has 0 aliphatic rings. The maximum absolute atomic E-state index is 12.2. The van der Waals surface area contributed by atoms with Gasteiger partial charge in [-0.2, -0.15) is 0 Å². The highest BCUT2D eigenvalue weighted by Crippen LogP contribution is 2.25. The molecule has 6 heteroatoms. The number of likely N-dealkylation sites (N-methyl/N-ethyl adjacent to an activating group) is 1. The van der Waals surface area contributed by atoms with E-state index in [9.17, 15) is 9.59 Å². The minimum Gasteiger partial charge on any atom is -0.482 e. The molecule has 2 aromatic carbocycles. The topological polar surface area (TPSA) is 70.7 Å². The molecule has 0 aliphatic carbocycles. The third kappa shape index (κ3) is 5.81. The van der Waals surface area contributed by atoms with Crippen molar-refractivity contribution in [3.8, 4) is 5.75 Å². The van der Waals surface area contributed by atoms with E-state index in [0.717, 1.165) is 16.7 Å². The fourth-order valence-corrected chi connectivity index (χ4v) is 2.29. The molecule has 2 aromatic rings. The van der Waals surface area contributed by atoms with Gasteiger partial charge in [0.2, 0.25) is 0 Å². The summed E-state index contributed by atoms with van der Waals surface area (Å²) in [5.41, 5.74) is 3.66. The fraction of sp³-hybridized carbons (Fsp3) is 0.300. The minimum atomic E-state index is -0.334. The van der Waals surface area contributed by atoms with Crippen LogP contribution in [0.2, 0.25) is 0 Å². The zero-order chi connectivity index (χ0) is 19.1. The van der Waals surface area contributed by atoms with Crippen molar-refractivity contribution in [2.75, 3.05) is 26.0 Å². The van der Waals surface area contributed by atoms with Crippen molar-refractivity contribution in [3.05, 3.63) is 59.2 Å². The molecule has 0 radical (unpaired) electrons. The summed E-state index contributed by atoms with van der Waals surface area (Å²) in [5.74, 6) is 0.312. The first kappa shape index (κ1) is 19.3. The number of carbonyl (C=O) groups excluding carboxylic acids is 2. The van der Waals surface area contributed by atoms with Crippen molar-refractivity contribution >= 4 is 17.6 Å². The number of amides is 3. The van der Waals surface area contributed by atoms with Gasteiger partial charge in [-0.3, -0.25) is 4.79 Å². The summed E-state index contributed by atoms with van der Waals surface area (Å²) in [6, 6.07) is 13.0. The lowest BCUT2D eigenvalue weighted by Crippen LogP contribution is -2.29. The normalized spacial score (nSPS) is 10.2. The Morgan fingerprint density at radius 1 is 1.04 bits per heavy atom. The summed E-state index contributed by atoms with van der Waals surface area (Å²) in [6.45, 7) is 4.27. The van der Waals surface area contributed by atoms with E-state index in [-0.39, 0.29) is 18.5 Å². The Morgan fingerprint density at radius 3 is 2.46 bits per heavy atom. The van der Waals surface area contributed by atoms with E-state index in [1.54, 1.807) is 26.2 Å². The maximum atomic E-state index is 12.2. The number of anilines is 1. The van der Waals surface area contributed by atoms with E-state index in [1.807, 2.05) is 44.2 Å². The van der Waals surface area contributed by atoms with Gasteiger partial charge in [0.15, 0.2) is 6.61 Å². The van der Waals surface area contributed by atoms with Crippen LogP contribution in [0, 0.1) is 13.8 Å². The number of ether oxygens (including phenoxy) is 1. The number of rotatable bonds is 6. The van der Waals surface area contributed by atoms with Crippen molar-refractivity contribution in [1.29, 1.82) is 0 Å². The van der Waals surface area contributed by atoms with Crippen LogP contribution in [0.1, 0.15) is 16.7 Å². The van der Waals surface area contributed by atoms with Crippen LogP contribution in [0.15, 0.2) is 42.5 Å². The Labute approximate surface area is 154 Å². The third-order valence-electron chi connectivity index (χ3n) is 3.77. The van der Waals surface area contributed by atoms with E-state index in [4.69, 9.17) is 4.74 Å². The van der Waals surface area contributed by atoms with Gasteiger partial charge in [-0.15, -0.1) is 0 Å². The zero-order valence-electron chi connectivity index (χ0n) is 15.6. The Hall–Kier alpha value is -3.02. The highest BCUT2D eigenvalue weighted by Gasteiger charge is 2.11. The molecule has 0 fully saturated rings. The highest BCUT2D eigenvalue weighted by molar-refractivity contribution is 5.91. The predicted octanol–water partition coefficient (Wildman–Crippen LogP) is 3.09. The van der Waals surface area contributed by atoms with Crippen molar-refractivity contribution in [3.63, 3.8) is 0 Å². The third-order valence-corrected chi connectivity index (χ3v) is 3.77. The van der Waals surface area contributed by atoms with Crippen LogP contribution in [-0.4, -0.2) is 37.5 Å². The molecule has 0 atom stereocenters. The molecule has 2 N–H and O–H groups in total. The van der Waals surface area contributed by atoms with Gasteiger partial charge in [-0.1, -0.05) is 35.9 Å². The standard InChI is InChI=1S/C20H25N3O3/c1-14-6-5-7-16(10-14)12-21-20(25)22-17-9-8-15(2)11-18(17)26-13-19(24)23(3)4/h5-11H,12-13H2,1-4H3,(H2,21,22,25). The molecular formula is C20H25N3O3. The average Bonchev–Trinajstić information content (AvgIpc) is 2.59. The van der Waals surface area contributed by atoms with Crippen LogP contribution >= 0.6 is 0 Å². The van der Waals surface area contributed by atoms with Crippen molar-refractivity contribution in [2.24, 2.45) is 0 Å². The summed E-state index contributed by atoms with van der Waals surface area (Å²) in [4.78, 5) is 25.4. The lowest BCUT2D eigenvalue weighted by atomic mass is 10.1. The number of carbonyl (C=O) groups is 2. The lowest BCUT2D eigenvalue weighted by Gasteiger charge is -2.15. The molecule has 2 rings (SSSR count). The van der Waals surface area contributed by atoms with E-state index in [1.165, 1.54) is 4.90 Å². The maximum Gasteiger partial charge on any atom is 0.319 e. The Bertz CT molecular complexity index is 788. The number of urea groups is 1. The quantitative estimate of drug-likeness (QED) is 0.836. The smallest absolute Gasteiger partial charge is 0.319 e. The molecule has 0 bridgehead atoms. The van der Waals surface area contributed by atoms with E-state index >= 15 is 0 Å². The molecule has 26 heavy (non-hydrogen) atoms. The second-order valence-electron chi connectivity index (χ2n) is 6.37. The largest absolute Gasteiger partial charge is 0.482 e. The molecular weight excluding hydrogens is 330 g/mol. The summed E-state index contributed by atoms with van der Waals surface area (Å²) in [6.07, 6.45) is 0. The zero-order valence-corrected chi connectivity index (χ0v) is 15.6. The van der Waals surface area contributed by atoms with Gasteiger partial charge < -0.3 is 20.3 Å². The number of nitrogens with one attached hydrogen (secondary N) is 2. The monoisotopic (exact) mass is 355 g/mol. The Morgan fingerprint density at radius 2 is 1.77 bits per heavy atom. The van der Waals surface area contributed by atoms with Gasteiger partial charge in [0, 0.05) is 20.6 Å². The van der Waals surface area contributed by atoms with Gasteiger partial charge in [-0.25, -0.2) is 4.79 Å². The van der Waals surface area contributed by atoms with Gasteiger partial charge in [0.1, 0.15) is 5.75 Å². The predicted molar refractivity (Wildman–Crippen MR) is 102 cm³/mol. The van der Waals surface area contributed by atoms with Crippen molar-refractivity contribution < 1.29 is 14.3 Å². The summed E-state index contributed by atoms with van der Waals surface area (Å²) >= 11 is 0. The molecule has 0 saturated heterocycles. The molecule has 0 aromatic heterocycles. The average molecular weight is 355 g/mol. The van der Waals surface area contributed by atoms with Crippen molar-refractivity contribution in [1.82, 2.24) is 10.2 Å². The molecule has 0 aliphatic heterocycles. The molecule has 3 amide bonds. The molecule has 6 nitrogen and oxygen atoms in total. The number of aryl methyl sites for hydroxylation is 2. The van der Waals surface area contributed by atoms with Crippen LogP contribution in [-0.2, 0) is 11.3 Å². The fourth-order valence-electron chi connectivity index (χ4n) is 2.29. The second-order valence-corrected chi connectivity index (χ2v) is 6.37. The van der Waals surface area contributed by atoms with Gasteiger partial charge >= 0.3 is 6.03 Å². The van der Waals surface area contributed by atoms with Crippen LogP contribution < -0.4 is 15.4 Å². The molecule has 0 unspecified atom stereocenters. The summed E-state index contributed by atoms with van der Waals surface area (Å²) in [5, 5.41) is 5.59. The van der Waals surface area contributed by atoms with E-state index in [2.05, 4.69) is 10.6 Å². The summed E-state index contributed by atoms with van der Waals surface area (Å²) in [7, 11) is 3.33. The van der Waals surface area contributed by atoms with Crippen molar-refractivity contribution in [2.45, 2.75) is 20.4 Å². The first-order valence-corrected chi connectivity index (χ1v) is 8.39. The Kier molecular flexibility index (Phi) is 6.60.